The van der Waals surface area contributed by atoms with Crippen LogP contribution in [0.3, 0.4) is 0 Å². The average Bonchev–Trinajstić information content (AvgIpc) is 2.63. The Morgan fingerprint density at radius 1 is 1.00 bits per heavy atom. The molecule has 0 radical (unpaired) electrons. The smallest absolute Gasteiger partial charge is 0.161 e. The monoisotopic (exact) mass is 399 g/mol. The molecule has 0 aliphatic carbocycles. The molecule has 0 spiro atoms. The summed E-state index contributed by atoms with van der Waals surface area (Å²) in [5, 5.41) is 13.3. The fraction of sp³-hybridized carbons (Fsp3) is 0.400. The minimum absolute atomic E-state index is 0. The molecule has 0 aliphatic heterocycles. The van der Waals surface area contributed by atoms with Crippen LogP contribution in [0.5, 0.6) is 11.5 Å². The number of ether oxygens (including phenoxy) is 2. The van der Waals surface area contributed by atoms with E-state index in [0.717, 1.165) is 29.0 Å². The summed E-state index contributed by atoms with van der Waals surface area (Å²) >= 11 is 5.90. The molecular formula is C20H27Cl2NO3. The zero-order valence-corrected chi connectivity index (χ0v) is 16.8. The van der Waals surface area contributed by atoms with Gasteiger partial charge in [0.25, 0.3) is 0 Å². The first-order valence-electron chi connectivity index (χ1n) is 8.63. The predicted molar refractivity (Wildman–Crippen MR) is 109 cm³/mol. The molecule has 0 aliphatic rings. The lowest BCUT2D eigenvalue weighted by Gasteiger charge is -2.16. The van der Waals surface area contributed by atoms with Gasteiger partial charge in [0.2, 0.25) is 0 Å². The van der Waals surface area contributed by atoms with Crippen LogP contribution in [0.1, 0.15) is 31.4 Å². The van der Waals surface area contributed by atoms with Crippen LogP contribution in [0.25, 0.3) is 0 Å². The summed E-state index contributed by atoms with van der Waals surface area (Å²) in [7, 11) is 0. The Balaban J connectivity index is 0.00000338. The Kier molecular flexibility index (Phi) is 10.4. The number of hydrogen-bond donors (Lipinski definition) is 2. The molecule has 0 heterocycles. The van der Waals surface area contributed by atoms with Crippen molar-refractivity contribution in [2.45, 2.75) is 39.5 Å². The van der Waals surface area contributed by atoms with Crippen molar-refractivity contribution in [3.05, 3.63) is 58.6 Å². The van der Waals surface area contributed by atoms with E-state index in [9.17, 15) is 5.11 Å². The summed E-state index contributed by atoms with van der Waals surface area (Å²) in [4.78, 5) is 0. The first kappa shape index (κ1) is 22.6. The molecule has 0 fully saturated rings. The highest BCUT2D eigenvalue weighted by molar-refractivity contribution is 6.30. The molecule has 2 N–H and O–H groups in total. The van der Waals surface area contributed by atoms with E-state index in [2.05, 4.69) is 5.32 Å². The lowest BCUT2D eigenvalue weighted by atomic mass is 10.1. The normalized spacial score (nSPS) is 11.5. The number of aliphatic hydroxyl groups is 1. The van der Waals surface area contributed by atoms with Gasteiger partial charge in [0.15, 0.2) is 11.5 Å². The van der Waals surface area contributed by atoms with Gasteiger partial charge < -0.3 is 19.9 Å². The molecule has 2 aromatic rings. The zero-order chi connectivity index (χ0) is 18.1. The number of rotatable bonds is 10. The summed E-state index contributed by atoms with van der Waals surface area (Å²) in [6.45, 7) is 5.84. The second-order valence-electron chi connectivity index (χ2n) is 5.80. The topological polar surface area (TPSA) is 50.7 Å². The lowest BCUT2D eigenvalue weighted by molar-refractivity contribution is 0.238. The molecular weight excluding hydrogens is 373 g/mol. The maximum absolute atomic E-state index is 9.27. The van der Waals surface area contributed by atoms with Gasteiger partial charge in [-0.15, -0.1) is 12.4 Å². The average molecular weight is 400 g/mol. The third kappa shape index (κ3) is 7.04. The maximum Gasteiger partial charge on any atom is 0.161 e. The van der Waals surface area contributed by atoms with Crippen molar-refractivity contribution in [2.75, 3.05) is 13.2 Å². The first-order chi connectivity index (χ1) is 12.2. The molecule has 0 saturated carbocycles. The second kappa shape index (κ2) is 12.0. The molecule has 1 unspecified atom stereocenters. The summed E-state index contributed by atoms with van der Waals surface area (Å²) in [5.41, 5.74) is 2.14. The van der Waals surface area contributed by atoms with E-state index >= 15 is 0 Å². The van der Waals surface area contributed by atoms with Gasteiger partial charge in [-0.05, 0) is 48.7 Å². The van der Waals surface area contributed by atoms with Crippen LogP contribution in [0.4, 0.5) is 0 Å². The SMILES string of the molecule is CCOc1cc(CNC(CC)CO)ccc1OCc1ccc(Cl)cc1.Cl. The predicted octanol–water partition coefficient (Wildman–Crippen LogP) is 4.60. The Bertz CT molecular complexity index is 646. The molecule has 6 heteroatoms. The summed E-state index contributed by atoms with van der Waals surface area (Å²) in [5.74, 6) is 1.45. The van der Waals surface area contributed by atoms with E-state index in [1.807, 2.05) is 56.3 Å². The van der Waals surface area contributed by atoms with Gasteiger partial charge in [0, 0.05) is 17.6 Å². The molecule has 26 heavy (non-hydrogen) atoms. The van der Waals surface area contributed by atoms with Crippen molar-refractivity contribution in [1.82, 2.24) is 5.32 Å². The second-order valence-corrected chi connectivity index (χ2v) is 6.23. The molecule has 4 nitrogen and oxygen atoms in total. The van der Waals surface area contributed by atoms with E-state index in [-0.39, 0.29) is 25.1 Å². The van der Waals surface area contributed by atoms with E-state index in [4.69, 9.17) is 21.1 Å². The molecule has 0 saturated heterocycles. The van der Waals surface area contributed by atoms with Gasteiger partial charge in [-0.25, -0.2) is 0 Å². The summed E-state index contributed by atoms with van der Waals surface area (Å²) in [6, 6.07) is 13.6. The number of halogens is 2. The molecule has 144 valence electrons. The van der Waals surface area contributed by atoms with Crippen LogP contribution in [0.2, 0.25) is 5.02 Å². The van der Waals surface area contributed by atoms with Gasteiger partial charge >= 0.3 is 0 Å². The van der Waals surface area contributed by atoms with Crippen molar-refractivity contribution >= 4 is 24.0 Å². The minimum atomic E-state index is 0. The van der Waals surface area contributed by atoms with Gasteiger partial charge in [0.1, 0.15) is 6.61 Å². The number of aliphatic hydroxyl groups excluding tert-OH is 1. The Hall–Kier alpha value is -1.46. The lowest BCUT2D eigenvalue weighted by Crippen LogP contribution is -2.31. The molecule has 1 atom stereocenters. The van der Waals surface area contributed by atoms with Crippen LogP contribution in [0, 0.1) is 0 Å². The van der Waals surface area contributed by atoms with Crippen LogP contribution in [-0.2, 0) is 13.2 Å². The van der Waals surface area contributed by atoms with Gasteiger partial charge in [0.05, 0.1) is 13.2 Å². The quantitative estimate of drug-likeness (QED) is 0.612. The van der Waals surface area contributed by atoms with Crippen LogP contribution >= 0.6 is 24.0 Å². The number of benzene rings is 2. The number of nitrogens with one attached hydrogen (secondary N) is 1. The molecule has 2 rings (SSSR count). The zero-order valence-electron chi connectivity index (χ0n) is 15.2. The van der Waals surface area contributed by atoms with Crippen molar-refractivity contribution in [2.24, 2.45) is 0 Å². The van der Waals surface area contributed by atoms with Crippen molar-refractivity contribution in [3.8, 4) is 11.5 Å². The third-order valence-corrected chi connectivity index (χ3v) is 4.18. The van der Waals surface area contributed by atoms with Gasteiger partial charge in [-0.2, -0.15) is 0 Å². The fourth-order valence-corrected chi connectivity index (χ4v) is 2.52. The molecule has 0 amide bonds. The molecule has 0 bridgehead atoms. The van der Waals surface area contributed by atoms with Crippen LogP contribution in [0.15, 0.2) is 42.5 Å². The van der Waals surface area contributed by atoms with E-state index in [1.165, 1.54) is 0 Å². The van der Waals surface area contributed by atoms with E-state index < -0.39 is 0 Å². The Labute approximate surface area is 166 Å². The van der Waals surface area contributed by atoms with Crippen molar-refractivity contribution < 1.29 is 14.6 Å². The van der Waals surface area contributed by atoms with Gasteiger partial charge in [-0.3, -0.25) is 0 Å². The third-order valence-electron chi connectivity index (χ3n) is 3.92. The van der Waals surface area contributed by atoms with Crippen LogP contribution < -0.4 is 14.8 Å². The van der Waals surface area contributed by atoms with E-state index in [1.54, 1.807) is 0 Å². The fourth-order valence-electron chi connectivity index (χ4n) is 2.39. The van der Waals surface area contributed by atoms with Crippen LogP contribution in [-0.4, -0.2) is 24.4 Å². The van der Waals surface area contributed by atoms with Crippen molar-refractivity contribution in [1.29, 1.82) is 0 Å². The number of hydrogen-bond acceptors (Lipinski definition) is 4. The highest BCUT2D eigenvalue weighted by Crippen LogP contribution is 2.29. The Morgan fingerprint density at radius 3 is 2.31 bits per heavy atom. The largest absolute Gasteiger partial charge is 0.490 e. The van der Waals surface area contributed by atoms with Gasteiger partial charge in [-0.1, -0.05) is 36.7 Å². The standard InChI is InChI=1S/C20H26ClNO3.ClH/c1-3-18(13-23)22-12-16-7-10-19(20(11-16)24-4-2)25-14-15-5-8-17(21)9-6-15;/h5-11,18,22-23H,3-4,12-14H2,1-2H3;1H. The molecule has 0 aromatic heterocycles. The molecule has 2 aromatic carbocycles. The van der Waals surface area contributed by atoms with Crippen molar-refractivity contribution in [3.63, 3.8) is 0 Å². The minimum Gasteiger partial charge on any atom is -0.490 e. The van der Waals surface area contributed by atoms with E-state index in [0.29, 0.717) is 24.8 Å². The first-order valence-corrected chi connectivity index (χ1v) is 9.01. The Morgan fingerprint density at radius 2 is 1.69 bits per heavy atom. The summed E-state index contributed by atoms with van der Waals surface area (Å²) < 4.78 is 11.6. The maximum atomic E-state index is 9.27. The highest BCUT2D eigenvalue weighted by Gasteiger charge is 2.09. The highest BCUT2D eigenvalue weighted by atomic mass is 35.5. The summed E-state index contributed by atoms with van der Waals surface area (Å²) in [6.07, 6.45) is 0.886.